The molecule has 3 rings (SSSR count). The van der Waals surface area contributed by atoms with Crippen molar-refractivity contribution >= 4 is 23.2 Å². The maximum Gasteiger partial charge on any atom is 0.227 e. The number of methoxy groups -OCH3 is 1. The first-order valence-electron chi connectivity index (χ1n) is 8.75. The molecule has 1 amide bonds. The Bertz CT molecular complexity index is 800. The van der Waals surface area contributed by atoms with E-state index in [1.54, 1.807) is 7.11 Å². The van der Waals surface area contributed by atoms with Crippen LogP contribution in [-0.2, 0) is 11.3 Å². The van der Waals surface area contributed by atoms with Crippen molar-refractivity contribution in [3.05, 3.63) is 54.1 Å². The average Bonchev–Trinajstić information content (AvgIpc) is 2.59. The van der Waals surface area contributed by atoms with Crippen LogP contribution in [0.25, 0.3) is 0 Å². The van der Waals surface area contributed by atoms with Crippen molar-refractivity contribution in [1.82, 2.24) is 0 Å². The van der Waals surface area contributed by atoms with Crippen molar-refractivity contribution in [3.8, 4) is 5.75 Å². The zero-order valence-corrected chi connectivity index (χ0v) is 14.9. The molecule has 1 saturated carbocycles. The summed E-state index contributed by atoms with van der Waals surface area (Å²) in [5.41, 5.74) is 8.55. The largest absolute Gasteiger partial charge is 0.497 e. The maximum atomic E-state index is 12.0. The van der Waals surface area contributed by atoms with Crippen molar-refractivity contribution in [2.24, 2.45) is 16.6 Å². The number of guanidine groups is 1. The molecule has 0 radical (unpaired) electrons. The molecular weight excluding hydrogens is 328 g/mol. The second-order valence-corrected chi connectivity index (χ2v) is 6.38. The SMILES string of the molecule is COc1cccc(NC(N)=NCc2cccc(NC(=O)C3CCC3)c2)c1. The van der Waals surface area contributed by atoms with Gasteiger partial charge in [-0.3, -0.25) is 4.79 Å². The molecule has 2 aromatic carbocycles. The third-order valence-corrected chi connectivity index (χ3v) is 4.44. The predicted molar refractivity (Wildman–Crippen MR) is 104 cm³/mol. The van der Waals surface area contributed by atoms with E-state index in [1.165, 1.54) is 0 Å². The van der Waals surface area contributed by atoms with Gasteiger partial charge in [-0.25, -0.2) is 4.99 Å². The summed E-state index contributed by atoms with van der Waals surface area (Å²) in [4.78, 5) is 16.4. The van der Waals surface area contributed by atoms with Crippen LogP contribution in [0.1, 0.15) is 24.8 Å². The molecule has 0 unspecified atom stereocenters. The number of hydrogen-bond acceptors (Lipinski definition) is 3. The molecule has 0 aliphatic heterocycles. The average molecular weight is 352 g/mol. The van der Waals surface area contributed by atoms with Gasteiger partial charge in [0.15, 0.2) is 5.96 Å². The Morgan fingerprint density at radius 1 is 1.15 bits per heavy atom. The van der Waals surface area contributed by atoms with Gasteiger partial charge in [0.2, 0.25) is 5.91 Å². The lowest BCUT2D eigenvalue weighted by Gasteiger charge is -2.24. The molecule has 0 spiro atoms. The normalized spacial score (nSPS) is 14.4. The van der Waals surface area contributed by atoms with Gasteiger partial charge in [0, 0.05) is 23.4 Å². The maximum absolute atomic E-state index is 12.0. The van der Waals surface area contributed by atoms with E-state index in [0.29, 0.717) is 12.5 Å². The molecule has 6 heteroatoms. The molecule has 1 aliphatic rings. The summed E-state index contributed by atoms with van der Waals surface area (Å²) in [6, 6.07) is 15.2. The van der Waals surface area contributed by atoms with Crippen molar-refractivity contribution in [1.29, 1.82) is 0 Å². The van der Waals surface area contributed by atoms with Gasteiger partial charge in [0.05, 0.1) is 13.7 Å². The van der Waals surface area contributed by atoms with Gasteiger partial charge in [-0.2, -0.15) is 0 Å². The number of carbonyl (C=O) groups is 1. The second-order valence-electron chi connectivity index (χ2n) is 6.38. The minimum Gasteiger partial charge on any atom is -0.497 e. The number of nitrogens with one attached hydrogen (secondary N) is 2. The second kappa shape index (κ2) is 8.38. The van der Waals surface area contributed by atoms with E-state index in [2.05, 4.69) is 15.6 Å². The van der Waals surface area contributed by atoms with Crippen LogP contribution in [0.3, 0.4) is 0 Å². The van der Waals surface area contributed by atoms with E-state index in [4.69, 9.17) is 10.5 Å². The number of hydrogen-bond donors (Lipinski definition) is 3. The zero-order chi connectivity index (χ0) is 18.4. The molecule has 0 aromatic heterocycles. The summed E-state index contributed by atoms with van der Waals surface area (Å²) in [7, 11) is 1.62. The lowest BCUT2D eigenvalue weighted by atomic mass is 9.85. The first-order valence-corrected chi connectivity index (χ1v) is 8.75. The summed E-state index contributed by atoms with van der Waals surface area (Å²) in [6.45, 7) is 0.427. The van der Waals surface area contributed by atoms with E-state index in [9.17, 15) is 4.79 Å². The van der Waals surface area contributed by atoms with Gasteiger partial charge in [0.1, 0.15) is 5.75 Å². The number of benzene rings is 2. The fourth-order valence-electron chi connectivity index (χ4n) is 2.73. The first kappa shape index (κ1) is 17.8. The summed E-state index contributed by atoms with van der Waals surface area (Å²) in [5.74, 6) is 1.34. The minimum absolute atomic E-state index is 0.108. The summed E-state index contributed by atoms with van der Waals surface area (Å²) in [5, 5.41) is 6.02. The Kier molecular flexibility index (Phi) is 5.73. The highest BCUT2D eigenvalue weighted by atomic mass is 16.5. The number of carbonyl (C=O) groups excluding carboxylic acids is 1. The third kappa shape index (κ3) is 4.75. The van der Waals surface area contributed by atoms with Gasteiger partial charge in [0.25, 0.3) is 0 Å². The van der Waals surface area contributed by atoms with Crippen LogP contribution in [0.5, 0.6) is 5.75 Å². The quantitative estimate of drug-likeness (QED) is 0.549. The molecule has 2 aromatic rings. The molecule has 136 valence electrons. The van der Waals surface area contributed by atoms with E-state index in [1.807, 2.05) is 48.5 Å². The number of ether oxygens (including phenoxy) is 1. The smallest absolute Gasteiger partial charge is 0.227 e. The van der Waals surface area contributed by atoms with Crippen LogP contribution in [0.15, 0.2) is 53.5 Å². The Balaban J connectivity index is 1.58. The van der Waals surface area contributed by atoms with Crippen molar-refractivity contribution < 1.29 is 9.53 Å². The molecule has 0 heterocycles. The zero-order valence-electron chi connectivity index (χ0n) is 14.9. The van der Waals surface area contributed by atoms with Gasteiger partial charge in [-0.05, 0) is 42.7 Å². The molecule has 0 saturated heterocycles. The molecule has 4 N–H and O–H groups in total. The molecule has 0 bridgehead atoms. The summed E-state index contributed by atoms with van der Waals surface area (Å²) >= 11 is 0. The number of nitrogens with two attached hydrogens (primary N) is 1. The molecule has 0 atom stereocenters. The van der Waals surface area contributed by atoms with Gasteiger partial charge < -0.3 is 21.1 Å². The van der Waals surface area contributed by atoms with Crippen LogP contribution >= 0.6 is 0 Å². The van der Waals surface area contributed by atoms with E-state index >= 15 is 0 Å². The minimum atomic E-state index is 0.108. The fourth-order valence-corrected chi connectivity index (χ4v) is 2.73. The predicted octanol–water partition coefficient (Wildman–Crippen LogP) is 3.36. The number of aliphatic imine (C=N–C) groups is 1. The third-order valence-electron chi connectivity index (χ3n) is 4.44. The highest BCUT2D eigenvalue weighted by Gasteiger charge is 2.25. The fraction of sp³-hybridized carbons (Fsp3) is 0.300. The molecule has 1 aliphatic carbocycles. The van der Waals surface area contributed by atoms with Gasteiger partial charge in [-0.1, -0.05) is 24.6 Å². The van der Waals surface area contributed by atoms with Crippen molar-refractivity contribution in [2.45, 2.75) is 25.8 Å². The Morgan fingerprint density at radius 3 is 2.58 bits per heavy atom. The van der Waals surface area contributed by atoms with Crippen LogP contribution in [0, 0.1) is 5.92 Å². The van der Waals surface area contributed by atoms with E-state index in [0.717, 1.165) is 42.0 Å². The molecule has 26 heavy (non-hydrogen) atoms. The lowest BCUT2D eigenvalue weighted by molar-refractivity contribution is -0.122. The van der Waals surface area contributed by atoms with Crippen molar-refractivity contribution in [2.75, 3.05) is 17.7 Å². The molecule has 1 fully saturated rings. The summed E-state index contributed by atoms with van der Waals surface area (Å²) < 4.78 is 5.18. The number of anilines is 2. The van der Waals surface area contributed by atoms with Gasteiger partial charge in [-0.15, -0.1) is 0 Å². The number of nitrogens with zero attached hydrogens (tertiary/aromatic N) is 1. The molecular formula is C20H24N4O2. The van der Waals surface area contributed by atoms with Gasteiger partial charge >= 0.3 is 0 Å². The topological polar surface area (TPSA) is 88.7 Å². The van der Waals surface area contributed by atoms with E-state index in [-0.39, 0.29) is 11.8 Å². The Hall–Kier alpha value is -3.02. The van der Waals surface area contributed by atoms with Crippen molar-refractivity contribution in [3.63, 3.8) is 0 Å². The summed E-state index contributed by atoms with van der Waals surface area (Å²) in [6.07, 6.45) is 3.12. The number of amides is 1. The lowest BCUT2D eigenvalue weighted by Crippen LogP contribution is -2.28. The highest BCUT2D eigenvalue weighted by Crippen LogP contribution is 2.27. The van der Waals surface area contributed by atoms with Crippen LogP contribution in [-0.4, -0.2) is 19.0 Å². The molecule has 6 nitrogen and oxygen atoms in total. The van der Waals surface area contributed by atoms with Crippen LogP contribution in [0.4, 0.5) is 11.4 Å². The highest BCUT2D eigenvalue weighted by molar-refractivity contribution is 5.93. The first-order chi connectivity index (χ1) is 12.6. The van der Waals surface area contributed by atoms with Crippen LogP contribution < -0.4 is 21.1 Å². The monoisotopic (exact) mass is 352 g/mol. The standard InChI is InChI=1S/C20H24N4O2/c1-26-18-10-4-9-17(12-18)24-20(21)22-13-14-5-2-8-16(11-14)23-19(25)15-6-3-7-15/h2,4-5,8-12,15H,3,6-7,13H2,1H3,(H,23,25)(H3,21,22,24). The number of rotatable bonds is 6. The van der Waals surface area contributed by atoms with E-state index < -0.39 is 0 Å². The Labute approximate surface area is 153 Å². The Morgan fingerprint density at radius 2 is 1.88 bits per heavy atom. The van der Waals surface area contributed by atoms with Crippen LogP contribution in [0.2, 0.25) is 0 Å².